The van der Waals surface area contributed by atoms with Crippen molar-refractivity contribution in [3.05, 3.63) is 82.9 Å². The second-order valence-electron chi connectivity index (χ2n) is 7.23. The molecular weight excluding hydrogens is 418 g/mol. The molecule has 1 unspecified atom stereocenters. The summed E-state index contributed by atoms with van der Waals surface area (Å²) in [6.07, 6.45) is -0.874. The van der Waals surface area contributed by atoms with Crippen LogP contribution in [0.5, 0.6) is 0 Å². The van der Waals surface area contributed by atoms with Gasteiger partial charge in [0, 0.05) is 16.1 Å². The molecule has 0 aliphatic carbocycles. The van der Waals surface area contributed by atoms with Crippen molar-refractivity contribution in [3.8, 4) is 0 Å². The Morgan fingerprint density at radius 2 is 1.65 bits per heavy atom. The van der Waals surface area contributed by atoms with Gasteiger partial charge in [-0.2, -0.15) is 0 Å². The molecule has 1 aliphatic heterocycles. The lowest BCUT2D eigenvalue weighted by atomic mass is 10.0. The molecule has 1 aliphatic rings. The molecule has 0 saturated carbocycles. The summed E-state index contributed by atoms with van der Waals surface area (Å²) in [5, 5.41) is 10.5. The van der Waals surface area contributed by atoms with E-state index in [0.717, 1.165) is 11.1 Å². The van der Waals surface area contributed by atoms with Gasteiger partial charge < -0.3 is 15.6 Å². The van der Waals surface area contributed by atoms with Crippen molar-refractivity contribution in [3.63, 3.8) is 0 Å². The maximum atomic E-state index is 13.0. The highest BCUT2D eigenvalue weighted by atomic mass is 32.2. The van der Waals surface area contributed by atoms with Gasteiger partial charge in [0.15, 0.2) is 16.9 Å². The first-order valence-electron chi connectivity index (χ1n) is 9.46. The molecule has 1 atom stereocenters. The number of hydrogen-bond donors (Lipinski definition) is 2. The Bertz CT molecular complexity index is 1010. The van der Waals surface area contributed by atoms with Crippen molar-refractivity contribution < 1.29 is 24.3 Å². The van der Waals surface area contributed by atoms with Gasteiger partial charge in [0.2, 0.25) is 0 Å². The lowest BCUT2D eigenvalue weighted by Gasteiger charge is -2.25. The molecule has 9 heteroatoms. The Morgan fingerprint density at radius 1 is 1.10 bits per heavy atom. The van der Waals surface area contributed by atoms with Gasteiger partial charge in [-0.1, -0.05) is 65.2 Å². The van der Waals surface area contributed by atoms with Gasteiger partial charge in [0.1, 0.15) is 0 Å². The van der Waals surface area contributed by atoms with Crippen molar-refractivity contribution >= 4 is 27.8 Å². The number of ether oxygens (including phenoxy) is 1. The number of carboxylic acid groups (broad SMARTS) is 1. The van der Waals surface area contributed by atoms with E-state index in [0.29, 0.717) is 5.70 Å². The molecule has 1 heterocycles. The zero-order chi connectivity index (χ0) is 22.4. The zero-order valence-corrected chi connectivity index (χ0v) is 17.9. The van der Waals surface area contributed by atoms with Crippen LogP contribution in [0.3, 0.4) is 0 Å². The predicted octanol–water partition coefficient (Wildman–Crippen LogP) is 3.48. The van der Waals surface area contributed by atoms with Gasteiger partial charge in [-0.05, 0) is 25.0 Å². The first-order chi connectivity index (χ1) is 14.8. The number of benzene rings is 2. The number of nitrogens with two attached hydrogens (primary N) is 1. The van der Waals surface area contributed by atoms with Gasteiger partial charge in [-0.3, -0.25) is 4.79 Å². The van der Waals surface area contributed by atoms with Gasteiger partial charge in [-0.15, -0.1) is 0 Å². The largest absolute Gasteiger partial charge is 0.481 e. The van der Waals surface area contributed by atoms with E-state index in [2.05, 4.69) is 9.52 Å². The quantitative estimate of drug-likeness (QED) is 0.477. The topological polar surface area (TPSA) is 124 Å². The number of carboxylic acids is 1. The Hall–Kier alpha value is -3.30. The van der Waals surface area contributed by atoms with Gasteiger partial charge in [0.25, 0.3) is 0 Å². The van der Waals surface area contributed by atoms with Gasteiger partial charge >= 0.3 is 11.9 Å². The number of carbonyl (C=O) groups is 2. The molecular formula is C22H23N3O5S. The fourth-order valence-corrected chi connectivity index (χ4v) is 3.81. The third-order valence-electron chi connectivity index (χ3n) is 4.31. The number of carbonyl (C=O) groups excluding carboxylic acids is 1. The molecule has 0 bridgehead atoms. The van der Waals surface area contributed by atoms with Crippen LogP contribution in [0.15, 0.2) is 81.3 Å². The van der Waals surface area contributed by atoms with E-state index < -0.39 is 34.3 Å². The van der Waals surface area contributed by atoms with E-state index >= 15 is 0 Å². The van der Waals surface area contributed by atoms with Crippen molar-refractivity contribution in [2.24, 2.45) is 15.3 Å². The second-order valence-corrected chi connectivity index (χ2v) is 8.66. The Kier molecular flexibility index (Phi) is 6.98. The van der Waals surface area contributed by atoms with Crippen LogP contribution in [0.4, 0.5) is 0 Å². The standard InChI is InChI=1S/C22H23N3O5S/c1-22(2,30-25-31-14-17(13-18(26)27)24-21(31)23)20(28)29-19(15-9-5-3-6-10-15)16-11-7-4-8-12-16/h3-12,14,19H,13H2,1-2H3,(H2,23,24)(H,26,27). The van der Waals surface area contributed by atoms with E-state index in [1.165, 1.54) is 5.41 Å². The molecule has 0 saturated heterocycles. The number of amidine groups is 1. The van der Waals surface area contributed by atoms with Crippen LogP contribution >= 0.6 is 0 Å². The highest BCUT2D eigenvalue weighted by molar-refractivity contribution is 8.05. The van der Waals surface area contributed by atoms with Crippen LogP contribution in [0.1, 0.15) is 37.5 Å². The van der Waals surface area contributed by atoms with Crippen molar-refractivity contribution in [1.29, 1.82) is 0 Å². The van der Waals surface area contributed by atoms with Crippen molar-refractivity contribution in [2.75, 3.05) is 0 Å². The van der Waals surface area contributed by atoms with Crippen molar-refractivity contribution in [2.45, 2.75) is 32.0 Å². The highest BCUT2D eigenvalue weighted by Gasteiger charge is 2.35. The summed E-state index contributed by atoms with van der Waals surface area (Å²) in [4.78, 5) is 33.3. The van der Waals surface area contributed by atoms with E-state index in [-0.39, 0.29) is 11.6 Å². The minimum Gasteiger partial charge on any atom is -0.481 e. The Morgan fingerprint density at radius 3 is 2.16 bits per heavy atom. The third-order valence-corrected chi connectivity index (χ3v) is 5.57. The molecule has 0 fully saturated rings. The van der Waals surface area contributed by atoms with E-state index in [1.807, 2.05) is 60.7 Å². The van der Waals surface area contributed by atoms with E-state index in [9.17, 15) is 9.59 Å². The van der Waals surface area contributed by atoms with Crippen LogP contribution in [0.25, 0.3) is 0 Å². The summed E-state index contributed by atoms with van der Waals surface area (Å²) in [6.45, 7) is 3.08. The van der Waals surface area contributed by atoms with E-state index in [1.54, 1.807) is 13.8 Å². The zero-order valence-electron chi connectivity index (χ0n) is 17.1. The fourth-order valence-electron chi connectivity index (χ4n) is 2.70. The van der Waals surface area contributed by atoms with Gasteiger partial charge in [0.05, 0.1) is 12.1 Å². The number of nitrogens with zero attached hydrogens (tertiary/aromatic N) is 2. The average Bonchev–Trinajstić information content (AvgIpc) is 3.09. The number of aliphatic imine (C=N–C) groups is 1. The molecule has 3 N–H and O–H groups in total. The summed E-state index contributed by atoms with van der Waals surface area (Å²) in [5.74, 6) is -1.63. The first kappa shape index (κ1) is 22.4. The number of esters is 1. The third kappa shape index (κ3) is 5.87. The normalized spacial score (nSPS) is 16.2. The van der Waals surface area contributed by atoms with E-state index in [4.69, 9.17) is 20.4 Å². The molecule has 0 amide bonds. The van der Waals surface area contributed by atoms with Crippen LogP contribution < -0.4 is 5.73 Å². The average molecular weight is 442 g/mol. The molecule has 3 rings (SSSR count). The molecule has 31 heavy (non-hydrogen) atoms. The number of aliphatic carboxylic acids is 1. The maximum absolute atomic E-state index is 13.0. The summed E-state index contributed by atoms with van der Waals surface area (Å²) in [5.41, 5.74) is 6.35. The minimum atomic E-state index is -1.40. The van der Waals surface area contributed by atoms with Crippen LogP contribution in [0.2, 0.25) is 0 Å². The molecule has 2 aromatic carbocycles. The van der Waals surface area contributed by atoms with Crippen molar-refractivity contribution in [1.82, 2.24) is 0 Å². The Labute approximate surface area is 182 Å². The summed E-state index contributed by atoms with van der Waals surface area (Å²) >= 11 is 0. The predicted molar refractivity (Wildman–Crippen MR) is 118 cm³/mol. The highest BCUT2D eigenvalue weighted by Crippen LogP contribution is 2.28. The minimum absolute atomic E-state index is 0.131. The molecule has 162 valence electrons. The SMILES string of the molecule is CC(C)(O/N=S1/C=C(CC(=O)O)N=C1N)C(=O)OC(c1ccccc1)c1ccccc1. The van der Waals surface area contributed by atoms with Crippen LogP contribution in [-0.4, -0.2) is 27.8 Å². The second kappa shape index (κ2) is 9.67. The Balaban J connectivity index is 1.76. The molecule has 8 nitrogen and oxygen atoms in total. The van der Waals surface area contributed by atoms with Crippen LogP contribution in [0, 0.1) is 0 Å². The van der Waals surface area contributed by atoms with Gasteiger partial charge in [-0.25, -0.2) is 14.6 Å². The van der Waals surface area contributed by atoms with Crippen LogP contribution in [-0.2, 0) is 29.9 Å². The smallest absolute Gasteiger partial charge is 0.341 e. The molecule has 2 aromatic rings. The number of hydrogen-bond acceptors (Lipinski definition) is 7. The lowest BCUT2D eigenvalue weighted by molar-refractivity contribution is -0.172. The lowest BCUT2D eigenvalue weighted by Crippen LogP contribution is -2.36. The summed E-state index contributed by atoms with van der Waals surface area (Å²) < 4.78 is 9.84. The summed E-state index contributed by atoms with van der Waals surface area (Å²) in [7, 11) is -1.07. The maximum Gasteiger partial charge on any atom is 0.341 e. The summed E-state index contributed by atoms with van der Waals surface area (Å²) in [6, 6.07) is 18.8. The molecule has 0 aromatic heterocycles. The molecule has 0 radical (unpaired) electrons. The monoisotopic (exact) mass is 441 g/mol. The fraction of sp³-hybridized carbons (Fsp3) is 0.227. The number of rotatable bonds is 8. The first-order valence-corrected chi connectivity index (χ1v) is 10.7. The molecule has 0 spiro atoms.